The van der Waals surface area contributed by atoms with Crippen molar-refractivity contribution in [2.75, 3.05) is 13.7 Å². The molecule has 0 saturated heterocycles. The second-order valence-electron chi connectivity index (χ2n) is 10.5. The van der Waals surface area contributed by atoms with Crippen LogP contribution in [-0.2, 0) is 11.2 Å². The smallest absolute Gasteiger partial charge is 0.251 e. The Kier molecular flexibility index (Phi) is 8.48. The highest BCUT2D eigenvalue weighted by Gasteiger charge is 2.37. The number of methoxy groups -OCH3 is 1. The number of amides is 1. The lowest BCUT2D eigenvalue weighted by Crippen LogP contribution is -2.42. The molecule has 0 radical (unpaired) electrons. The Bertz CT molecular complexity index is 1840. The molecule has 0 spiro atoms. The minimum atomic E-state index is -1.96. The monoisotopic (exact) mass is 639 g/mol. The van der Waals surface area contributed by atoms with E-state index in [-0.39, 0.29) is 39.1 Å². The maximum absolute atomic E-state index is 16.0. The summed E-state index contributed by atoms with van der Waals surface area (Å²) in [6.07, 6.45) is 0. The molecule has 0 aliphatic rings. The lowest BCUT2D eigenvalue weighted by molar-refractivity contribution is 0.0625. The van der Waals surface area contributed by atoms with Gasteiger partial charge in [-0.25, -0.2) is 14.4 Å². The highest BCUT2D eigenvalue weighted by molar-refractivity contribution is 7.18. The Hall–Kier alpha value is -3.60. The van der Waals surface area contributed by atoms with Gasteiger partial charge in [-0.2, -0.15) is 0 Å². The van der Waals surface area contributed by atoms with E-state index in [2.05, 4.69) is 15.3 Å². The molecule has 1 amide bonds. The maximum atomic E-state index is 16.0. The molecule has 1 atom stereocenters. The number of hydrogen-bond donors (Lipinski definition) is 3. The molecule has 0 bridgehead atoms. The van der Waals surface area contributed by atoms with Crippen molar-refractivity contribution >= 4 is 50.7 Å². The molecular weight excluding hydrogens is 612 g/mol. The summed E-state index contributed by atoms with van der Waals surface area (Å²) >= 11 is 14.1. The molecule has 5 rings (SSSR count). The average Bonchev–Trinajstić information content (AvgIpc) is 3.36. The molecule has 3 N–H and O–H groups in total. The summed E-state index contributed by atoms with van der Waals surface area (Å²) in [6.45, 7) is 4.37. The van der Waals surface area contributed by atoms with Crippen LogP contribution in [0, 0.1) is 12.7 Å². The molecule has 11 heteroatoms. The summed E-state index contributed by atoms with van der Waals surface area (Å²) in [6, 6.07) is 17.9. The van der Waals surface area contributed by atoms with Crippen molar-refractivity contribution < 1.29 is 24.1 Å². The van der Waals surface area contributed by atoms with Gasteiger partial charge in [0, 0.05) is 16.7 Å². The molecule has 0 unspecified atom stereocenters. The van der Waals surface area contributed by atoms with Gasteiger partial charge in [0.2, 0.25) is 0 Å². The van der Waals surface area contributed by atoms with Gasteiger partial charge < -0.3 is 20.3 Å². The molecule has 2 aromatic heterocycles. The van der Waals surface area contributed by atoms with Gasteiger partial charge in [-0.1, -0.05) is 65.7 Å². The van der Waals surface area contributed by atoms with Crippen molar-refractivity contribution in [3.63, 3.8) is 0 Å². The third-order valence-electron chi connectivity index (χ3n) is 7.05. The number of halogens is 3. The Morgan fingerprint density at radius 1 is 1.05 bits per heavy atom. The number of pyridine rings is 1. The topological polar surface area (TPSA) is 105 Å². The number of carbonyl (C=O) groups excluding carboxylic acids is 1. The number of fused-ring (bicyclic) bond motifs is 1. The molecule has 43 heavy (non-hydrogen) atoms. The summed E-state index contributed by atoms with van der Waals surface area (Å²) in [4.78, 5) is 22.5. The lowest BCUT2D eigenvalue weighted by Gasteiger charge is -2.31. The predicted molar refractivity (Wildman–Crippen MR) is 168 cm³/mol. The van der Waals surface area contributed by atoms with Gasteiger partial charge in [0.1, 0.15) is 22.6 Å². The van der Waals surface area contributed by atoms with E-state index in [0.717, 1.165) is 9.71 Å². The number of thiazole rings is 1. The van der Waals surface area contributed by atoms with Crippen LogP contribution < -0.4 is 10.1 Å². The van der Waals surface area contributed by atoms with Crippen LogP contribution in [0.1, 0.15) is 46.0 Å². The molecule has 2 heterocycles. The minimum Gasteiger partial charge on any atom is -0.494 e. The van der Waals surface area contributed by atoms with E-state index in [1.54, 1.807) is 60.7 Å². The fourth-order valence-electron chi connectivity index (χ4n) is 4.81. The van der Waals surface area contributed by atoms with Gasteiger partial charge in [-0.05, 0) is 50.6 Å². The number of nitrogens with zero attached hydrogens (tertiary/aromatic N) is 2. The van der Waals surface area contributed by atoms with Crippen LogP contribution in [0.2, 0.25) is 10.0 Å². The lowest BCUT2D eigenvalue weighted by atomic mass is 9.86. The zero-order chi connectivity index (χ0) is 31.1. The molecule has 0 aliphatic heterocycles. The number of benzene rings is 3. The Morgan fingerprint density at radius 3 is 2.44 bits per heavy atom. The molecule has 222 valence electrons. The quantitative estimate of drug-likeness (QED) is 0.169. The third-order valence-corrected chi connectivity index (χ3v) is 8.79. The number of aryl methyl sites for hydroxylation is 1. The van der Waals surface area contributed by atoms with E-state index in [9.17, 15) is 15.0 Å². The number of aromatic nitrogens is 2. The minimum absolute atomic E-state index is 0.0188. The Labute approximate surface area is 261 Å². The number of hydrogen-bond acceptors (Lipinski definition) is 7. The predicted octanol–water partition coefficient (Wildman–Crippen LogP) is 7.01. The normalized spacial score (nSPS) is 13.1. The van der Waals surface area contributed by atoms with Crippen LogP contribution in [0.15, 0.2) is 66.7 Å². The van der Waals surface area contributed by atoms with Gasteiger partial charge in [0.05, 0.1) is 44.7 Å². The van der Waals surface area contributed by atoms with Crippen molar-refractivity contribution in [1.82, 2.24) is 15.3 Å². The van der Waals surface area contributed by atoms with E-state index in [1.165, 1.54) is 38.4 Å². The third kappa shape index (κ3) is 5.96. The highest BCUT2D eigenvalue weighted by atomic mass is 35.5. The second kappa shape index (κ2) is 11.8. The Balaban J connectivity index is 1.63. The fourth-order valence-corrected chi connectivity index (χ4v) is 6.09. The summed E-state index contributed by atoms with van der Waals surface area (Å²) < 4.78 is 22.2. The van der Waals surface area contributed by atoms with Gasteiger partial charge >= 0.3 is 0 Å². The van der Waals surface area contributed by atoms with Gasteiger partial charge in [-0.15, -0.1) is 11.3 Å². The first-order chi connectivity index (χ1) is 20.3. The van der Waals surface area contributed by atoms with E-state index in [4.69, 9.17) is 27.9 Å². The van der Waals surface area contributed by atoms with Crippen LogP contribution in [0.25, 0.3) is 21.5 Å². The van der Waals surface area contributed by atoms with Gasteiger partial charge in [-0.3, -0.25) is 4.79 Å². The maximum Gasteiger partial charge on any atom is 0.251 e. The van der Waals surface area contributed by atoms with Crippen LogP contribution in [0.4, 0.5) is 4.39 Å². The average molecular weight is 641 g/mol. The van der Waals surface area contributed by atoms with E-state index < -0.39 is 22.9 Å². The summed E-state index contributed by atoms with van der Waals surface area (Å²) in [7, 11) is 1.50. The summed E-state index contributed by atoms with van der Waals surface area (Å²) in [5.41, 5.74) is -2.46. The van der Waals surface area contributed by atoms with Crippen LogP contribution in [-0.4, -0.2) is 39.7 Å². The SMILES string of the molecule is COc1cc(C(=O)NC[C@@](O)(c2ccccc2)c2cc(C(C)(C)O)c(F)c(-c3cccc(Cl)c3Cl)n2)cc2sc(C)nc12. The molecule has 0 aliphatic carbocycles. The van der Waals surface area contributed by atoms with Crippen molar-refractivity contribution in [2.24, 2.45) is 0 Å². The van der Waals surface area contributed by atoms with Crippen molar-refractivity contribution in [3.05, 3.63) is 110 Å². The zero-order valence-electron chi connectivity index (χ0n) is 23.7. The number of ether oxygens (including phenoxy) is 1. The van der Waals surface area contributed by atoms with Crippen molar-refractivity contribution in [2.45, 2.75) is 32.0 Å². The fraction of sp³-hybridized carbons (Fsp3) is 0.219. The Morgan fingerprint density at radius 2 is 1.77 bits per heavy atom. The van der Waals surface area contributed by atoms with Gasteiger partial charge in [0.25, 0.3) is 5.91 Å². The van der Waals surface area contributed by atoms with Crippen LogP contribution >= 0.6 is 34.5 Å². The first kappa shape index (κ1) is 30.8. The first-order valence-electron chi connectivity index (χ1n) is 13.2. The molecule has 3 aromatic carbocycles. The standard InChI is InChI=1S/C32H28Cl2FN3O4S/c1-17-37-29-23(42-4)13-18(14-24(29)43-17)30(39)36-16-32(41,19-9-6-5-7-10-19)25-15-21(31(2,3)40)27(35)28(38-25)20-11-8-12-22(33)26(20)34/h5-15,40-41H,16H2,1-4H3,(H,36,39)/t32-/m1/s1. The zero-order valence-corrected chi connectivity index (χ0v) is 26.0. The van der Waals surface area contributed by atoms with E-state index >= 15 is 4.39 Å². The van der Waals surface area contributed by atoms with E-state index in [0.29, 0.717) is 22.4 Å². The molecule has 7 nitrogen and oxygen atoms in total. The van der Waals surface area contributed by atoms with Crippen molar-refractivity contribution in [3.8, 4) is 17.0 Å². The van der Waals surface area contributed by atoms with Crippen molar-refractivity contribution in [1.29, 1.82) is 0 Å². The van der Waals surface area contributed by atoms with Gasteiger partial charge in [0.15, 0.2) is 5.82 Å². The number of aliphatic hydroxyl groups is 2. The molecule has 5 aromatic rings. The molecule has 0 fully saturated rings. The second-order valence-corrected chi connectivity index (χ2v) is 12.6. The number of carbonyl (C=O) groups is 1. The van der Waals surface area contributed by atoms with E-state index in [1.807, 2.05) is 6.92 Å². The first-order valence-corrected chi connectivity index (χ1v) is 14.8. The van der Waals surface area contributed by atoms with Crippen LogP contribution in [0.3, 0.4) is 0 Å². The summed E-state index contributed by atoms with van der Waals surface area (Å²) in [5.74, 6) is -0.855. The number of nitrogens with one attached hydrogen (secondary N) is 1. The summed E-state index contributed by atoms with van der Waals surface area (Å²) in [5, 5.41) is 27.1. The number of rotatable bonds is 8. The molecular formula is C32H28Cl2FN3O4S. The van der Waals surface area contributed by atoms with Crippen LogP contribution in [0.5, 0.6) is 5.75 Å². The highest BCUT2D eigenvalue weighted by Crippen LogP contribution is 2.39. The largest absolute Gasteiger partial charge is 0.494 e. The molecule has 0 saturated carbocycles.